The van der Waals surface area contributed by atoms with Gasteiger partial charge in [-0.25, -0.2) is 4.52 Å². The van der Waals surface area contributed by atoms with Crippen molar-refractivity contribution in [2.24, 2.45) is 4.52 Å². The van der Waals surface area contributed by atoms with Crippen LogP contribution in [-0.2, 0) is 0 Å². The Morgan fingerprint density at radius 3 is 2.40 bits per heavy atom. The van der Waals surface area contributed by atoms with Crippen LogP contribution in [0.4, 0.5) is 0 Å². The first-order valence-electron chi connectivity index (χ1n) is 0.970. The van der Waals surface area contributed by atoms with Crippen LogP contribution in [0.15, 0.2) is 4.52 Å². The standard InChI is InChI=1S/H5NP4/c2-4-1-5-3/h4H,2-3H2. The molecule has 0 heterocycles. The van der Waals surface area contributed by atoms with Gasteiger partial charge in [0, 0.05) is 16.5 Å². The van der Waals surface area contributed by atoms with E-state index in [-0.39, 0.29) is 0 Å². The molecule has 0 N–H and O–H groups in total. The van der Waals surface area contributed by atoms with E-state index >= 15 is 0 Å². The zero-order valence-corrected chi connectivity index (χ0v) is 6.75. The lowest BCUT2D eigenvalue weighted by atomic mass is 13.9. The molecule has 0 aliphatic rings. The van der Waals surface area contributed by atoms with Gasteiger partial charge >= 0.3 is 0 Å². The predicted octanol–water partition coefficient (Wildman–Crippen LogP) is 2.29. The van der Waals surface area contributed by atoms with E-state index in [1.165, 1.54) is 0 Å². The van der Waals surface area contributed by atoms with Gasteiger partial charge in [-0.1, -0.05) is 17.9 Å². The summed E-state index contributed by atoms with van der Waals surface area (Å²) in [4.78, 5) is 0. The maximum Gasteiger partial charge on any atom is 0.0279 e. The highest BCUT2D eigenvalue weighted by Gasteiger charge is 1.51. The van der Waals surface area contributed by atoms with E-state index in [1.807, 2.05) is 0 Å². The summed E-state index contributed by atoms with van der Waals surface area (Å²) in [6.45, 7) is 0. The Morgan fingerprint density at radius 1 is 1.80 bits per heavy atom. The van der Waals surface area contributed by atoms with E-state index in [1.54, 1.807) is 0 Å². The second-order valence-electron chi connectivity index (χ2n) is 0.345. The number of rotatable bonds is 1. The lowest BCUT2D eigenvalue weighted by molar-refractivity contribution is 2.10. The summed E-state index contributed by atoms with van der Waals surface area (Å²) in [5, 5.41) is 0. The van der Waals surface area contributed by atoms with Gasteiger partial charge in [0.25, 0.3) is 0 Å². The zero-order valence-electron chi connectivity index (χ0n) is 2.55. The Hall–Kier alpha value is 1.39. The fourth-order valence-electron chi connectivity index (χ4n) is 0.0333. The van der Waals surface area contributed by atoms with Crippen LogP contribution in [0.1, 0.15) is 0 Å². The molecule has 0 spiro atoms. The van der Waals surface area contributed by atoms with Crippen molar-refractivity contribution in [3.63, 3.8) is 0 Å². The second kappa shape index (κ2) is 5.39. The van der Waals surface area contributed by atoms with Gasteiger partial charge in [0.15, 0.2) is 0 Å². The molecule has 0 aromatic heterocycles. The van der Waals surface area contributed by atoms with E-state index in [2.05, 4.69) is 22.4 Å². The molecule has 30 valence electrons. The molecule has 5 heteroatoms. The molecule has 3 atom stereocenters. The van der Waals surface area contributed by atoms with Crippen LogP contribution >= 0.6 is 34.3 Å². The highest BCUT2D eigenvalue weighted by atomic mass is 32.0. The third kappa shape index (κ3) is 5.39. The third-order valence-electron chi connectivity index (χ3n) is 0.115. The number of hydrogen-bond donors (Lipinski definition) is 0. The molecule has 0 aliphatic carbocycles. The average molecular weight is 143 g/mol. The minimum Gasteiger partial charge on any atom is -0.241 e. The van der Waals surface area contributed by atoms with Crippen LogP contribution in [0.2, 0.25) is 0 Å². The number of hydrogen-bond acceptors (Lipinski definition) is 1. The summed E-state index contributed by atoms with van der Waals surface area (Å²) in [6.07, 6.45) is 0. The minimum absolute atomic E-state index is 0.666. The van der Waals surface area contributed by atoms with E-state index in [4.69, 9.17) is 0 Å². The molecule has 5 heavy (non-hydrogen) atoms. The monoisotopic (exact) mass is 143 g/mol. The van der Waals surface area contributed by atoms with Gasteiger partial charge in [-0.3, -0.25) is 0 Å². The Balaban J connectivity index is 2.62. The van der Waals surface area contributed by atoms with Crippen LogP contribution in [-0.4, -0.2) is 0 Å². The summed E-state index contributed by atoms with van der Waals surface area (Å²) < 4.78 is 3.90. The van der Waals surface area contributed by atoms with E-state index in [0.29, 0.717) is 8.42 Å². The van der Waals surface area contributed by atoms with E-state index in [0.717, 1.165) is 8.06 Å². The first-order valence-corrected chi connectivity index (χ1v) is 6.19. The summed E-state index contributed by atoms with van der Waals surface area (Å²) in [6, 6.07) is 0. The highest BCUT2D eigenvalue weighted by molar-refractivity contribution is 8.06. The number of nitrogens with zero attached hydrogens (tertiary/aromatic N) is 1. The van der Waals surface area contributed by atoms with Crippen LogP contribution < -0.4 is 0 Å². The van der Waals surface area contributed by atoms with Crippen molar-refractivity contribution in [3.8, 4) is 0 Å². The molecule has 0 aliphatic heterocycles. The van der Waals surface area contributed by atoms with Gasteiger partial charge in [0.2, 0.25) is 0 Å². The Kier molecular flexibility index (Phi) is 6.89. The van der Waals surface area contributed by atoms with Gasteiger partial charge in [0.1, 0.15) is 0 Å². The Bertz CT molecular complexity index is 30.6. The van der Waals surface area contributed by atoms with Crippen molar-refractivity contribution in [2.75, 3.05) is 0 Å². The molecule has 0 radical (unpaired) electrons. The first kappa shape index (κ1) is 6.39. The molecule has 0 saturated heterocycles. The largest absolute Gasteiger partial charge is 0.241 e. The Labute approximate surface area is 39.6 Å². The van der Waals surface area contributed by atoms with Crippen molar-refractivity contribution in [1.82, 2.24) is 0 Å². The predicted molar refractivity (Wildman–Crippen MR) is 37.1 cm³/mol. The molecule has 1 nitrogen and oxygen atoms in total. The average Bonchev–Trinajstić information content (AvgIpc) is 1.41. The molecule has 0 bridgehead atoms. The van der Waals surface area contributed by atoms with Crippen LogP contribution in [0, 0.1) is 0 Å². The van der Waals surface area contributed by atoms with Crippen LogP contribution in [0.3, 0.4) is 0 Å². The third-order valence-corrected chi connectivity index (χ3v) is 3.12. The molecule has 0 aromatic rings. The van der Waals surface area contributed by atoms with Gasteiger partial charge < -0.3 is 0 Å². The zero-order chi connectivity index (χ0) is 4.12. The van der Waals surface area contributed by atoms with Crippen molar-refractivity contribution in [3.05, 3.63) is 0 Å². The normalized spacial score (nSPS) is 12.4. The Morgan fingerprint density at radius 2 is 2.40 bits per heavy atom. The first-order chi connectivity index (χ1) is 2.41. The van der Waals surface area contributed by atoms with Crippen LogP contribution in [0.5, 0.6) is 0 Å². The molecular weight excluding hydrogens is 138 g/mol. The van der Waals surface area contributed by atoms with Gasteiger partial charge in [-0.2, -0.15) is 0 Å². The van der Waals surface area contributed by atoms with Gasteiger partial charge in [0.05, 0.1) is 0 Å². The lowest BCUT2D eigenvalue weighted by Gasteiger charge is -1.66. The molecule has 0 fully saturated rings. The molecule has 3 unspecified atom stereocenters. The second-order valence-corrected chi connectivity index (χ2v) is 3.10. The van der Waals surface area contributed by atoms with Crippen molar-refractivity contribution in [2.45, 2.75) is 0 Å². The van der Waals surface area contributed by atoms with Crippen molar-refractivity contribution in [1.29, 1.82) is 0 Å². The summed E-state index contributed by atoms with van der Waals surface area (Å²) >= 11 is 0. The molecule has 0 amide bonds. The smallest absolute Gasteiger partial charge is 0.0279 e. The molecule has 0 rings (SSSR count). The molecule has 0 aromatic carbocycles. The van der Waals surface area contributed by atoms with E-state index < -0.39 is 0 Å². The molecule has 0 saturated carbocycles. The fraction of sp³-hybridized carbons (Fsp3) is 0. The van der Waals surface area contributed by atoms with Gasteiger partial charge in [-0.15, -0.1) is 0 Å². The quantitative estimate of drug-likeness (QED) is 0.499. The summed E-state index contributed by atoms with van der Waals surface area (Å²) in [7, 11) is 6.77. The maximum absolute atomic E-state index is 3.90. The summed E-state index contributed by atoms with van der Waals surface area (Å²) in [5.74, 6) is 0. The van der Waals surface area contributed by atoms with Crippen molar-refractivity contribution >= 4 is 34.3 Å². The molecular formula is H5NP4. The van der Waals surface area contributed by atoms with Gasteiger partial charge in [-0.05, 0) is 0 Å². The van der Waals surface area contributed by atoms with E-state index in [9.17, 15) is 0 Å². The topological polar surface area (TPSA) is 12.4 Å². The SMILES string of the molecule is P/P=N/PP. The lowest BCUT2D eigenvalue weighted by Crippen LogP contribution is -0.976. The van der Waals surface area contributed by atoms with Crippen LogP contribution in [0.25, 0.3) is 0 Å². The minimum atomic E-state index is 0.666. The maximum atomic E-state index is 3.90. The van der Waals surface area contributed by atoms with Crippen molar-refractivity contribution < 1.29 is 0 Å². The fourth-order valence-corrected chi connectivity index (χ4v) is 2.70. The highest BCUT2D eigenvalue weighted by Crippen LogP contribution is 2.28. The summed E-state index contributed by atoms with van der Waals surface area (Å²) in [5.41, 5.74) is 0.